The van der Waals surface area contributed by atoms with Crippen LogP contribution in [0.15, 0.2) is 71.8 Å². The summed E-state index contributed by atoms with van der Waals surface area (Å²) < 4.78 is 79.8. The van der Waals surface area contributed by atoms with Crippen molar-refractivity contribution in [3.63, 3.8) is 0 Å². The number of nitrogens with one attached hydrogen (secondary N) is 1. The molecule has 2 aromatic heterocycles. The molecule has 33 heavy (non-hydrogen) atoms. The summed E-state index contributed by atoms with van der Waals surface area (Å²) in [7, 11) is 0. The van der Waals surface area contributed by atoms with Crippen molar-refractivity contribution in [1.82, 2.24) is 14.8 Å². The smallest absolute Gasteiger partial charge is 0.369 e. The van der Waals surface area contributed by atoms with Crippen LogP contribution in [0.5, 0.6) is 0 Å². The van der Waals surface area contributed by atoms with Crippen LogP contribution in [-0.4, -0.2) is 32.2 Å². The van der Waals surface area contributed by atoms with Gasteiger partial charge in [-0.2, -0.15) is 31.4 Å². The number of benzene rings is 2. The number of aromatic nitrogens is 3. The van der Waals surface area contributed by atoms with E-state index in [0.717, 1.165) is 23.3 Å². The molecule has 0 spiro atoms. The van der Waals surface area contributed by atoms with E-state index in [2.05, 4.69) is 10.2 Å². The largest absolute Gasteiger partial charge is 0.430 e. The molecule has 0 aliphatic rings. The first-order chi connectivity index (χ1) is 15.4. The first kappa shape index (κ1) is 22.6. The van der Waals surface area contributed by atoms with Crippen LogP contribution >= 0.6 is 0 Å². The second-order valence-electron chi connectivity index (χ2n) is 7.42. The SMILES string of the molecule is O=c1ccc2cc(-c3cn[nH]c3)ccc2n1Cc1ccc(C(O)(C(F)(F)F)C(F)(F)F)cc1. The molecule has 0 aliphatic carbocycles. The number of hydrogen-bond acceptors (Lipinski definition) is 3. The molecule has 0 fully saturated rings. The number of fused-ring (bicyclic) bond motifs is 1. The summed E-state index contributed by atoms with van der Waals surface area (Å²) in [6.45, 7) is -0.0992. The zero-order valence-electron chi connectivity index (χ0n) is 16.6. The van der Waals surface area contributed by atoms with Crippen LogP contribution < -0.4 is 5.56 Å². The number of halogens is 6. The van der Waals surface area contributed by atoms with Gasteiger partial charge in [0.2, 0.25) is 0 Å². The normalized spacial score (nSPS) is 12.9. The highest BCUT2D eigenvalue weighted by atomic mass is 19.4. The Labute approximate surface area is 181 Å². The van der Waals surface area contributed by atoms with E-state index < -0.39 is 29.1 Å². The van der Waals surface area contributed by atoms with Gasteiger partial charge in [-0.15, -0.1) is 0 Å². The molecule has 0 atom stereocenters. The molecule has 5 nitrogen and oxygen atoms in total. The van der Waals surface area contributed by atoms with E-state index in [4.69, 9.17) is 0 Å². The molecule has 2 N–H and O–H groups in total. The number of hydrogen-bond donors (Lipinski definition) is 2. The van der Waals surface area contributed by atoms with Gasteiger partial charge in [-0.3, -0.25) is 9.89 Å². The number of aromatic amines is 1. The van der Waals surface area contributed by atoms with Crippen LogP contribution in [0, 0.1) is 0 Å². The van der Waals surface area contributed by atoms with Gasteiger partial charge in [0.1, 0.15) is 0 Å². The minimum Gasteiger partial charge on any atom is -0.369 e. The van der Waals surface area contributed by atoms with Crippen LogP contribution in [0.3, 0.4) is 0 Å². The van der Waals surface area contributed by atoms with Gasteiger partial charge in [-0.25, -0.2) is 0 Å². The molecule has 0 amide bonds. The second-order valence-corrected chi connectivity index (χ2v) is 7.42. The predicted octanol–water partition coefficient (Wildman–Crippen LogP) is 4.75. The average Bonchev–Trinajstić information content (AvgIpc) is 3.29. The molecule has 0 bridgehead atoms. The molecule has 0 unspecified atom stereocenters. The Balaban J connectivity index is 1.70. The van der Waals surface area contributed by atoms with Gasteiger partial charge in [0.05, 0.1) is 18.3 Å². The third-order valence-corrected chi connectivity index (χ3v) is 5.35. The minimum absolute atomic E-state index is 0.0992. The van der Waals surface area contributed by atoms with Crippen LogP contribution in [0.2, 0.25) is 0 Å². The Bertz CT molecular complexity index is 1330. The fourth-order valence-electron chi connectivity index (χ4n) is 3.58. The highest BCUT2D eigenvalue weighted by Crippen LogP contribution is 2.49. The standard InChI is InChI=1S/C22H15F6N3O2/c23-21(24,25)20(33,22(26,27)28)17-5-1-13(2-6-17)12-31-18-7-3-14(16-10-29-30-11-16)9-15(18)4-8-19(31)32/h1-11,33H,12H2,(H,29,30). The minimum atomic E-state index is -5.97. The third-order valence-electron chi connectivity index (χ3n) is 5.35. The molecule has 2 heterocycles. The third kappa shape index (κ3) is 3.88. The van der Waals surface area contributed by atoms with E-state index in [-0.39, 0.29) is 12.1 Å². The molecule has 4 aromatic rings. The number of aliphatic hydroxyl groups is 1. The van der Waals surface area contributed by atoms with E-state index in [9.17, 15) is 36.2 Å². The lowest BCUT2D eigenvalue weighted by Gasteiger charge is -2.32. The van der Waals surface area contributed by atoms with Crippen molar-refractivity contribution in [2.75, 3.05) is 0 Å². The summed E-state index contributed by atoms with van der Waals surface area (Å²) in [6.07, 6.45) is -8.61. The Morgan fingerprint density at radius 3 is 2.12 bits per heavy atom. The van der Waals surface area contributed by atoms with E-state index in [1.165, 1.54) is 10.6 Å². The zero-order chi connectivity index (χ0) is 24.0. The van der Waals surface area contributed by atoms with Gasteiger partial charge in [0, 0.05) is 23.4 Å². The summed E-state index contributed by atoms with van der Waals surface area (Å²) in [5.41, 5.74) is -4.29. The van der Waals surface area contributed by atoms with Crippen molar-refractivity contribution in [1.29, 1.82) is 0 Å². The van der Waals surface area contributed by atoms with Crippen molar-refractivity contribution in [2.45, 2.75) is 24.5 Å². The molecule has 2 aromatic carbocycles. The van der Waals surface area contributed by atoms with Gasteiger partial charge in [0.25, 0.3) is 11.2 Å². The average molecular weight is 467 g/mol. The van der Waals surface area contributed by atoms with Crippen molar-refractivity contribution < 1.29 is 31.4 Å². The molecular weight excluding hydrogens is 452 g/mol. The van der Waals surface area contributed by atoms with Crippen molar-refractivity contribution >= 4 is 10.9 Å². The molecule has 0 saturated heterocycles. The zero-order valence-corrected chi connectivity index (χ0v) is 16.6. The maximum atomic E-state index is 13.1. The molecule has 0 aliphatic heterocycles. The number of rotatable bonds is 4. The molecular formula is C22H15F6N3O2. The first-order valence-electron chi connectivity index (χ1n) is 9.50. The number of pyridine rings is 1. The van der Waals surface area contributed by atoms with Crippen LogP contribution in [0.25, 0.3) is 22.0 Å². The van der Waals surface area contributed by atoms with Crippen LogP contribution in [-0.2, 0) is 12.1 Å². The van der Waals surface area contributed by atoms with E-state index in [1.54, 1.807) is 30.6 Å². The lowest BCUT2D eigenvalue weighted by Crippen LogP contribution is -2.53. The van der Waals surface area contributed by atoms with E-state index in [0.29, 0.717) is 23.0 Å². The van der Waals surface area contributed by atoms with Crippen molar-refractivity contribution in [3.05, 3.63) is 88.5 Å². The van der Waals surface area contributed by atoms with Crippen molar-refractivity contribution in [3.8, 4) is 11.1 Å². The quantitative estimate of drug-likeness (QED) is 0.426. The summed E-state index contributed by atoms with van der Waals surface area (Å²) in [5.74, 6) is 0. The fraction of sp³-hybridized carbons (Fsp3) is 0.182. The summed E-state index contributed by atoms with van der Waals surface area (Å²) in [4.78, 5) is 12.5. The van der Waals surface area contributed by atoms with Gasteiger partial charge >= 0.3 is 12.4 Å². The highest BCUT2D eigenvalue weighted by molar-refractivity contribution is 5.84. The van der Waals surface area contributed by atoms with Crippen LogP contribution in [0.4, 0.5) is 26.3 Å². The predicted molar refractivity (Wildman–Crippen MR) is 107 cm³/mol. The lowest BCUT2D eigenvalue weighted by molar-refractivity contribution is -0.376. The van der Waals surface area contributed by atoms with Crippen LogP contribution in [0.1, 0.15) is 11.1 Å². The maximum absolute atomic E-state index is 13.1. The molecule has 4 rings (SSSR count). The fourth-order valence-corrected chi connectivity index (χ4v) is 3.58. The topological polar surface area (TPSA) is 70.9 Å². The molecule has 11 heteroatoms. The van der Waals surface area contributed by atoms with Gasteiger partial charge in [-0.05, 0) is 34.7 Å². The first-order valence-corrected chi connectivity index (χ1v) is 9.50. The van der Waals surface area contributed by atoms with E-state index >= 15 is 0 Å². The Kier molecular flexibility index (Phi) is 5.32. The highest BCUT2D eigenvalue weighted by Gasteiger charge is 2.71. The summed E-state index contributed by atoms with van der Waals surface area (Å²) in [5, 5.41) is 16.8. The molecule has 0 saturated carbocycles. The Morgan fingerprint density at radius 1 is 0.879 bits per heavy atom. The number of nitrogens with zero attached hydrogens (tertiary/aromatic N) is 2. The lowest BCUT2D eigenvalue weighted by atomic mass is 9.91. The second kappa shape index (κ2) is 7.77. The number of alkyl halides is 6. The summed E-state index contributed by atoms with van der Waals surface area (Å²) >= 11 is 0. The van der Waals surface area contributed by atoms with Crippen molar-refractivity contribution in [2.24, 2.45) is 0 Å². The van der Waals surface area contributed by atoms with Gasteiger partial charge in [-0.1, -0.05) is 30.3 Å². The molecule has 0 radical (unpaired) electrons. The maximum Gasteiger partial charge on any atom is 0.430 e. The Hall–Kier alpha value is -3.60. The van der Waals surface area contributed by atoms with E-state index in [1.807, 2.05) is 6.07 Å². The summed E-state index contributed by atoms with van der Waals surface area (Å²) in [6, 6.07) is 11.4. The van der Waals surface area contributed by atoms with Gasteiger partial charge in [0.15, 0.2) is 0 Å². The molecule has 172 valence electrons. The van der Waals surface area contributed by atoms with Gasteiger partial charge < -0.3 is 9.67 Å². The number of H-pyrrole nitrogens is 1. The monoisotopic (exact) mass is 467 g/mol. The Morgan fingerprint density at radius 2 is 1.55 bits per heavy atom.